The van der Waals surface area contributed by atoms with Crippen LogP contribution >= 0.6 is 11.3 Å². The number of aromatic nitrogens is 1. The van der Waals surface area contributed by atoms with E-state index in [4.69, 9.17) is 0 Å². The van der Waals surface area contributed by atoms with Crippen LogP contribution in [0.3, 0.4) is 0 Å². The van der Waals surface area contributed by atoms with Gasteiger partial charge in [-0.05, 0) is 41.8 Å². The number of likely N-dealkylation sites (tertiary alicyclic amines) is 1. The second kappa shape index (κ2) is 10.9. The largest absolute Gasteiger partial charge is 0.393 e. The monoisotopic (exact) mass is 542 g/mol. The van der Waals surface area contributed by atoms with Crippen LogP contribution in [0.4, 0.5) is 18.0 Å². The van der Waals surface area contributed by atoms with Gasteiger partial charge in [-0.3, -0.25) is 9.88 Å². The zero-order valence-corrected chi connectivity index (χ0v) is 21.8. The summed E-state index contributed by atoms with van der Waals surface area (Å²) in [6, 6.07) is 10.9. The highest BCUT2D eigenvalue weighted by atomic mass is 32.1. The van der Waals surface area contributed by atoms with Crippen molar-refractivity contribution >= 4 is 22.9 Å². The van der Waals surface area contributed by atoms with Crippen molar-refractivity contribution < 1.29 is 23.1 Å². The minimum absolute atomic E-state index is 0.0245. The van der Waals surface area contributed by atoms with Crippen LogP contribution in [0.15, 0.2) is 66.3 Å². The van der Waals surface area contributed by atoms with Gasteiger partial charge in [-0.2, -0.15) is 0 Å². The number of benzene rings is 2. The van der Waals surface area contributed by atoms with Crippen molar-refractivity contribution in [3.8, 4) is 0 Å². The maximum absolute atomic E-state index is 15.4. The maximum Gasteiger partial charge on any atom is 0.321 e. The van der Waals surface area contributed by atoms with Crippen LogP contribution < -0.4 is 0 Å². The van der Waals surface area contributed by atoms with Gasteiger partial charge in [0.2, 0.25) is 0 Å². The number of urea groups is 1. The molecule has 2 aliphatic rings. The lowest BCUT2D eigenvalue weighted by molar-refractivity contribution is 0.0337. The number of aliphatic hydroxyl groups excluding tert-OH is 1. The van der Waals surface area contributed by atoms with E-state index in [-0.39, 0.29) is 18.7 Å². The lowest BCUT2D eigenvalue weighted by Gasteiger charge is -2.43. The van der Waals surface area contributed by atoms with Crippen LogP contribution in [0, 0.1) is 11.6 Å². The normalized spacial score (nSPS) is 23.9. The summed E-state index contributed by atoms with van der Waals surface area (Å²) in [6.07, 6.45) is 2.56. The Hall–Kier alpha value is -3.21. The molecule has 5 rings (SSSR count). The average molecular weight is 543 g/mol. The number of piperidine rings is 1. The zero-order chi connectivity index (χ0) is 26.9. The fourth-order valence-electron chi connectivity index (χ4n) is 5.46. The molecule has 38 heavy (non-hydrogen) atoms. The van der Waals surface area contributed by atoms with Crippen LogP contribution in [0.2, 0.25) is 0 Å². The van der Waals surface area contributed by atoms with E-state index in [1.165, 1.54) is 21.1 Å². The van der Waals surface area contributed by atoms with Gasteiger partial charge in [-0.25, -0.2) is 18.0 Å². The van der Waals surface area contributed by atoms with Gasteiger partial charge in [0.05, 0.1) is 18.2 Å². The Morgan fingerprint density at radius 1 is 1.24 bits per heavy atom. The molecule has 200 valence electrons. The number of thiazole rings is 1. The van der Waals surface area contributed by atoms with Gasteiger partial charge < -0.3 is 14.9 Å². The standard InChI is InChI=1S/C28H29F3N4O2S/c1-33(26-9-10-34(16-25(26)31)15-22-13-32-18-38-22)27(37)35-14-19(23-11-21(29)7-8-24(23)30)12-28(35,17-36)20-5-3-2-4-6-20/h2-8,11-13,18,25-26,36H,9-10,14-17H2,1H3/t25?,26?,28-/m1/s1. The first-order valence-corrected chi connectivity index (χ1v) is 13.3. The Balaban J connectivity index is 1.42. The number of alkyl halides is 1. The molecule has 0 bridgehead atoms. The Morgan fingerprint density at radius 2 is 2.03 bits per heavy atom. The fraction of sp³-hybridized carbons (Fsp3) is 0.357. The summed E-state index contributed by atoms with van der Waals surface area (Å²) in [7, 11) is 1.56. The Labute approximate surface area is 223 Å². The van der Waals surface area contributed by atoms with Gasteiger partial charge in [0, 0.05) is 49.9 Å². The van der Waals surface area contributed by atoms with E-state index in [2.05, 4.69) is 4.98 Å². The zero-order valence-electron chi connectivity index (χ0n) is 20.9. The minimum Gasteiger partial charge on any atom is -0.393 e. The smallest absolute Gasteiger partial charge is 0.321 e. The number of carbonyl (C=O) groups excluding carboxylic acids is 1. The molecule has 2 aromatic carbocycles. The molecule has 2 aliphatic heterocycles. The molecule has 3 aromatic rings. The molecule has 0 aliphatic carbocycles. The summed E-state index contributed by atoms with van der Waals surface area (Å²) in [5.74, 6) is -1.23. The predicted molar refractivity (Wildman–Crippen MR) is 140 cm³/mol. The van der Waals surface area contributed by atoms with E-state index < -0.39 is 42.0 Å². The van der Waals surface area contributed by atoms with Crippen molar-refractivity contribution in [3.63, 3.8) is 0 Å². The number of rotatable bonds is 6. The summed E-state index contributed by atoms with van der Waals surface area (Å²) in [6.45, 7) is 0.851. The number of nitrogens with zero attached hydrogens (tertiary/aromatic N) is 4. The summed E-state index contributed by atoms with van der Waals surface area (Å²) >= 11 is 1.52. The molecule has 0 saturated carbocycles. The summed E-state index contributed by atoms with van der Waals surface area (Å²) in [5.41, 5.74) is 1.44. The number of amides is 2. The molecule has 3 heterocycles. The second-order valence-corrected chi connectivity index (χ2v) is 10.8. The molecule has 1 N–H and O–H groups in total. The molecule has 3 atom stereocenters. The van der Waals surface area contributed by atoms with Gasteiger partial charge in [0.1, 0.15) is 23.3 Å². The van der Waals surface area contributed by atoms with Crippen LogP contribution in [0.1, 0.15) is 22.4 Å². The molecule has 1 saturated heterocycles. The van der Waals surface area contributed by atoms with Gasteiger partial charge in [0.25, 0.3) is 0 Å². The first kappa shape index (κ1) is 26.4. The van der Waals surface area contributed by atoms with Crippen molar-refractivity contribution in [2.45, 2.75) is 30.7 Å². The van der Waals surface area contributed by atoms with Crippen molar-refractivity contribution in [1.82, 2.24) is 19.7 Å². The first-order chi connectivity index (χ1) is 18.3. The second-order valence-electron chi connectivity index (χ2n) is 9.80. The topological polar surface area (TPSA) is 59.9 Å². The molecule has 0 spiro atoms. The third-order valence-electron chi connectivity index (χ3n) is 7.50. The molecule has 6 nitrogen and oxygen atoms in total. The van der Waals surface area contributed by atoms with Crippen LogP contribution in [-0.2, 0) is 12.1 Å². The molecular formula is C28H29F3N4O2S. The van der Waals surface area contributed by atoms with Crippen LogP contribution in [0.25, 0.3) is 5.57 Å². The summed E-state index contributed by atoms with van der Waals surface area (Å²) in [5, 5.41) is 10.7. The Bertz CT molecular complexity index is 1310. The minimum atomic E-state index is -1.32. The molecule has 0 radical (unpaired) electrons. The van der Waals surface area contributed by atoms with Gasteiger partial charge in [0.15, 0.2) is 0 Å². The average Bonchev–Trinajstić information content (AvgIpc) is 3.58. The maximum atomic E-state index is 15.4. The molecule has 1 fully saturated rings. The lowest BCUT2D eigenvalue weighted by Crippen LogP contribution is -2.58. The quantitative estimate of drug-likeness (QED) is 0.492. The number of hydrogen-bond donors (Lipinski definition) is 1. The highest BCUT2D eigenvalue weighted by Gasteiger charge is 2.47. The Morgan fingerprint density at radius 3 is 2.71 bits per heavy atom. The molecule has 1 aromatic heterocycles. The van der Waals surface area contributed by atoms with E-state index in [0.29, 0.717) is 30.6 Å². The summed E-state index contributed by atoms with van der Waals surface area (Å²) in [4.78, 5) is 23.9. The van der Waals surface area contributed by atoms with E-state index in [1.807, 2.05) is 11.0 Å². The third-order valence-corrected chi connectivity index (χ3v) is 8.26. The third kappa shape index (κ3) is 4.95. The van der Waals surface area contributed by atoms with E-state index in [0.717, 1.165) is 23.1 Å². The van der Waals surface area contributed by atoms with Gasteiger partial charge in [-0.1, -0.05) is 30.3 Å². The van der Waals surface area contributed by atoms with E-state index in [1.54, 1.807) is 49.1 Å². The number of aliphatic hydroxyl groups is 1. The molecule has 10 heteroatoms. The fourth-order valence-corrected chi connectivity index (χ4v) is 6.10. The number of halogens is 3. The Kier molecular flexibility index (Phi) is 7.56. The van der Waals surface area contributed by atoms with Gasteiger partial charge in [-0.15, -0.1) is 11.3 Å². The SMILES string of the molecule is CN(C(=O)N1CC(c2cc(F)ccc2F)=C[C@@]1(CO)c1ccccc1)C1CCN(Cc2cncs2)CC1F. The highest BCUT2D eigenvalue weighted by molar-refractivity contribution is 7.09. The lowest BCUT2D eigenvalue weighted by atomic mass is 9.89. The van der Waals surface area contributed by atoms with Crippen LogP contribution in [-0.4, -0.2) is 76.3 Å². The van der Waals surface area contributed by atoms with Crippen molar-refractivity contribution in [3.05, 3.63) is 94.0 Å². The highest BCUT2D eigenvalue weighted by Crippen LogP contribution is 2.41. The van der Waals surface area contributed by atoms with Crippen LogP contribution in [0.5, 0.6) is 0 Å². The van der Waals surface area contributed by atoms with Gasteiger partial charge >= 0.3 is 6.03 Å². The first-order valence-electron chi connectivity index (χ1n) is 12.4. The van der Waals surface area contributed by atoms with Crippen molar-refractivity contribution in [2.75, 3.05) is 33.3 Å². The molecular weight excluding hydrogens is 513 g/mol. The molecule has 2 amide bonds. The summed E-state index contributed by atoms with van der Waals surface area (Å²) < 4.78 is 44.2. The van der Waals surface area contributed by atoms with E-state index >= 15 is 4.39 Å². The predicted octanol–water partition coefficient (Wildman–Crippen LogP) is 4.67. The number of carbonyl (C=O) groups is 1. The number of hydrogen-bond acceptors (Lipinski definition) is 5. The molecule has 2 unspecified atom stereocenters. The van der Waals surface area contributed by atoms with E-state index in [9.17, 15) is 18.7 Å². The van der Waals surface area contributed by atoms with Crippen molar-refractivity contribution in [1.29, 1.82) is 0 Å². The van der Waals surface area contributed by atoms with Crippen molar-refractivity contribution in [2.24, 2.45) is 0 Å².